The number of hydrogen-bond donors (Lipinski definition) is 0. The van der Waals surface area contributed by atoms with E-state index in [0.717, 1.165) is 24.9 Å². The van der Waals surface area contributed by atoms with Crippen molar-refractivity contribution in [2.24, 2.45) is 38.4 Å². The fraction of sp³-hybridized carbons (Fsp3) is 0.831. The van der Waals surface area contributed by atoms with E-state index in [0.29, 0.717) is 38.5 Å². The summed E-state index contributed by atoms with van der Waals surface area (Å²) in [6.45, 7) is 57.1. The standard InChI is InChI=1S/C16H24.C15H26N2.C14H29N.C14H28/c1-11(2)14-8-6-12-10-13(16(3,4)5)7-9-15(12)14;1-12(2)16-10-11-17(15(3,4)5)14-9-7-6-8-13(14)16;1-12(2,3)14(13(4,5)6)8-10-15(7)11-9-14;1-12(2,3)14(13(4,5)6)10-8-7-9-11-14/h7,9-11,14H,6,8H2,1-5H3;6,8,12H,7,9-11H2,1-5H3;8-11H2,1-7H3;7-11H2,1-6H3. The zero-order chi connectivity index (χ0) is 47.5. The molecule has 62 heavy (non-hydrogen) atoms. The van der Waals surface area contributed by atoms with Gasteiger partial charge in [0, 0.05) is 30.4 Å². The molecule has 358 valence electrons. The van der Waals surface area contributed by atoms with Crippen LogP contribution >= 0.6 is 0 Å². The topological polar surface area (TPSA) is 9.72 Å². The maximum Gasteiger partial charge on any atom is 0.0561 e. The van der Waals surface area contributed by atoms with Crippen LogP contribution in [0.3, 0.4) is 0 Å². The lowest BCUT2D eigenvalue weighted by Crippen LogP contribution is -2.52. The van der Waals surface area contributed by atoms with Crippen molar-refractivity contribution in [1.82, 2.24) is 14.7 Å². The van der Waals surface area contributed by atoms with E-state index in [1.165, 1.54) is 95.0 Å². The zero-order valence-electron chi connectivity index (χ0n) is 46.1. The van der Waals surface area contributed by atoms with Gasteiger partial charge in [-0.15, -0.1) is 0 Å². The van der Waals surface area contributed by atoms with Gasteiger partial charge in [-0.2, -0.15) is 0 Å². The molecule has 0 aromatic heterocycles. The molecule has 0 N–H and O–H groups in total. The molecule has 0 amide bonds. The lowest BCUT2D eigenvalue weighted by Gasteiger charge is -2.57. The first-order valence-corrected chi connectivity index (χ1v) is 25.9. The molecule has 0 spiro atoms. The van der Waals surface area contributed by atoms with E-state index in [2.05, 4.69) is 204 Å². The van der Waals surface area contributed by atoms with Crippen LogP contribution in [0.1, 0.15) is 239 Å². The molecule has 1 saturated heterocycles. The SMILES string of the molecule is CC(C)(C)C1(C(C)(C)C)CCCCC1.CC(C)C1CCc2cc(C(C)(C)C)ccc21.CC(C)N1CCN(C(C)(C)C)C2=C1C=CCC2.CN1CCC(C(C)(C)C)(C(C)(C)C)CC1. The summed E-state index contributed by atoms with van der Waals surface area (Å²) in [6.07, 6.45) is 19.5. The van der Waals surface area contributed by atoms with E-state index < -0.39 is 0 Å². The first-order valence-electron chi connectivity index (χ1n) is 25.9. The molecule has 3 aliphatic carbocycles. The summed E-state index contributed by atoms with van der Waals surface area (Å²) in [5, 5.41) is 0. The van der Waals surface area contributed by atoms with Gasteiger partial charge in [0.2, 0.25) is 0 Å². The van der Waals surface area contributed by atoms with Gasteiger partial charge in [-0.25, -0.2) is 0 Å². The number of piperidine rings is 1. The number of benzene rings is 1. The Hall–Kier alpha value is -1.74. The van der Waals surface area contributed by atoms with Gasteiger partial charge in [0.15, 0.2) is 0 Å². The van der Waals surface area contributed by atoms with Gasteiger partial charge in [0.25, 0.3) is 0 Å². The number of fused-ring (bicyclic) bond motifs is 1. The van der Waals surface area contributed by atoms with Crippen molar-refractivity contribution in [2.75, 3.05) is 33.2 Å². The normalized spacial score (nSPS) is 22.2. The Kier molecular flexibility index (Phi) is 18.0. The first kappa shape index (κ1) is 54.6. The summed E-state index contributed by atoms with van der Waals surface area (Å²) >= 11 is 0. The van der Waals surface area contributed by atoms with Crippen molar-refractivity contribution in [1.29, 1.82) is 0 Å². The van der Waals surface area contributed by atoms with Gasteiger partial charge >= 0.3 is 0 Å². The molecular formula is C59H107N3. The molecule has 2 fully saturated rings. The van der Waals surface area contributed by atoms with Crippen LogP contribution in [0.25, 0.3) is 0 Å². The Morgan fingerprint density at radius 3 is 1.52 bits per heavy atom. The first-order chi connectivity index (χ1) is 28.1. The van der Waals surface area contributed by atoms with Crippen LogP contribution in [0.5, 0.6) is 0 Å². The minimum Gasteiger partial charge on any atom is -0.367 e. The molecule has 1 aromatic carbocycles. The summed E-state index contributed by atoms with van der Waals surface area (Å²) < 4.78 is 0. The molecule has 1 atom stereocenters. The molecule has 0 bridgehead atoms. The lowest BCUT2D eigenvalue weighted by atomic mass is 9.49. The average molecular weight is 859 g/mol. The predicted octanol–water partition coefficient (Wildman–Crippen LogP) is 16.9. The van der Waals surface area contributed by atoms with E-state index in [4.69, 9.17) is 0 Å². The number of nitrogens with zero attached hydrogens (tertiary/aromatic N) is 3. The van der Waals surface area contributed by atoms with Crippen molar-refractivity contribution in [3.05, 3.63) is 58.4 Å². The summed E-state index contributed by atoms with van der Waals surface area (Å²) in [6, 6.07) is 7.76. The summed E-state index contributed by atoms with van der Waals surface area (Å²) in [4.78, 5) is 7.62. The maximum atomic E-state index is 2.60. The molecule has 1 aromatic rings. The van der Waals surface area contributed by atoms with E-state index in [1.807, 2.05) is 0 Å². The summed E-state index contributed by atoms with van der Waals surface area (Å²) in [5.41, 5.74) is 11.0. The molecule has 6 rings (SSSR count). The molecule has 1 saturated carbocycles. The van der Waals surface area contributed by atoms with Crippen LogP contribution in [-0.4, -0.2) is 59.5 Å². The number of likely N-dealkylation sites (tertiary alicyclic amines) is 1. The zero-order valence-corrected chi connectivity index (χ0v) is 46.1. The molecule has 0 radical (unpaired) electrons. The van der Waals surface area contributed by atoms with E-state index in [1.54, 1.807) is 16.8 Å². The predicted molar refractivity (Wildman–Crippen MR) is 277 cm³/mol. The van der Waals surface area contributed by atoms with Crippen molar-refractivity contribution >= 4 is 0 Å². The van der Waals surface area contributed by atoms with Crippen LogP contribution in [-0.2, 0) is 11.8 Å². The van der Waals surface area contributed by atoms with Crippen molar-refractivity contribution in [3.8, 4) is 0 Å². The summed E-state index contributed by atoms with van der Waals surface area (Å²) in [5.74, 6) is 1.57. The van der Waals surface area contributed by atoms with E-state index in [-0.39, 0.29) is 11.0 Å². The quantitative estimate of drug-likeness (QED) is 0.293. The van der Waals surface area contributed by atoms with Crippen LogP contribution in [0, 0.1) is 38.4 Å². The molecule has 5 aliphatic rings. The number of hydrogen-bond acceptors (Lipinski definition) is 3. The number of aryl methyl sites for hydroxylation is 1. The second-order valence-electron chi connectivity index (χ2n) is 27.5. The maximum absolute atomic E-state index is 2.60. The Morgan fingerprint density at radius 2 is 1.10 bits per heavy atom. The van der Waals surface area contributed by atoms with Crippen LogP contribution < -0.4 is 0 Å². The monoisotopic (exact) mass is 858 g/mol. The van der Waals surface area contributed by atoms with Crippen molar-refractivity contribution in [3.63, 3.8) is 0 Å². The lowest BCUT2D eigenvalue weighted by molar-refractivity contribution is -0.0777. The molecule has 3 heteroatoms. The van der Waals surface area contributed by atoms with Gasteiger partial charge < -0.3 is 14.7 Å². The third kappa shape index (κ3) is 12.8. The van der Waals surface area contributed by atoms with Gasteiger partial charge in [-0.3, -0.25) is 0 Å². The second kappa shape index (κ2) is 20.4. The Balaban J connectivity index is 0.000000221. The molecular weight excluding hydrogens is 751 g/mol. The minimum absolute atomic E-state index is 0.245. The van der Waals surface area contributed by atoms with Gasteiger partial charge in [0.05, 0.1) is 5.70 Å². The highest BCUT2D eigenvalue weighted by Crippen LogP contribution is 2.60. The Morgan fingerprint density at radius 1 is 0.597 bits per heavy atom. The molecule has 1 unspecified atom stereocenters. The van der Waals surface area contributed by atoms with Crippen LogP contribution in [0.2, 0.25) is 0 Å². The third-order valence-corrected chi connectivity index (χ3v) is 17.0. The number of rotatable bonds is 2. The van der Waals surface area contributed by atoms with Crippen molar-refractivity contribution < 1.29 is 0 Å². The minimum atomic E-state index is 0.245. The van der Waals surface area contributed by atoms with Gasteiger partial charge in [-0.05, 0) is 179 Å². The van der Waals surface area contributed by atoms with Crippen LogP contribution in [0.4, 0.5) is 0 Å². The fourth-order valence-corrected chi connectivity index (χ4v) is 13.1. The fourth-order valence-electron chi connectivity index (χ4n) is 13.1. The highest BCUT2D eigenvalue weighted by Gasteiger charge is 2.51. The molecule has 3 nitrogen and oxygen atoms in total. The highest BCUT2D eigenvalue weighted by molar-refractivity contribution is 5.40. The van der Waals surface area contributed by atoms with Gasteiger partial charge in [0.1, 0.15) is 0 Å². The second-order valence-corrected chi connectivity index (χ2v) is 27.5. The van der Waals surface area contributed by atoms with E-state index in [9.17, 15) is 0 Å². The van der Waals surface area contributed by atoms with Crippen molar-refractivity contribution in [2.45, 2.75) is 246 Å². The van der Waals surface area contributed by atoms with Crippen LogP contribution in [0.15, 0.2) is 41.7 Å². The smallest absolute Gasteiger partial charge is 0.0561 e. The average Bonchev–Trinajstić information content (AvgIpc) is 3.57. The third-order valence-electron chi connectivity index (χ3n) is 17.0. The Bertz CT molecular complexity index is 1560. The molecule has 2 heterocycles. The Labute approximate surface area is 389 Å². The highest BCUT2D eigenvalue weighted by atomic mass is 15.3. The van der Waals surface area contributed by atoms with E-state index >= 15 is 0 Å². The van der Waals surface area contributed by atoms with Gasteiger partial charge in [-0.1, -0.05) is 161 Å². The largest absolute Gasteiger partial charge is 0.367 e. The number of allylic oxidation sites excluding steroid dienone is 3. The molecule has 2 aliphatic heterocycles. The summed E-state index contributed by atoms with van der Waals surface area (Å²) in [7, 11) is 2.25.